The van der Waals surface area contributed by atoms with Gasteiger partial charge in [-0.3, -0.25) is 0 Å². The van der Waals surface area contributed by atoms with Gasteiger partial charge in [-0.25, -0.2) is 0 Å². The lowest BCUT2D eigenvalue weighted by Crippen LogP contribution is -2.26. The minimum Gasteiger partial charge on any atom is -0.486 e. The van der Waals surface area contributed by atoms with Gasteiger partial charge in [-0.1, -0.05) is 18.2 Å². The van der Waals surface area contributed by atoms with Gasteiger partial charge < -0.3 is 14.6 Å². The topological polar surface area (TPSA) is 38.7 Å². The molecule has 3 nitrogen and oxygen atoms in total. The van der Waals surface area contributed by atoms with Crippen LogP contribution in [-0.4, -0.2) is 31.5 Å². The first kappa shape index (κ1) is 10.0. The Kier molecular flexibility index (Phi) is 4.29. The van der Waals surface area contributed by atoms with Crippen LogP contribution < -0.4 is 4.74 Å². The van der Waals surface area contributed by atoms with Gasteiger partial charge in [-0.05, 0) is 12.1 Å². The molecule has 13 heavy (non-hydrogen) atoms. The third-order valence-electron chi connectivity index (χ3n) is 1.60. The lowest BCUT2D eigenvalue weighted by Gasteiger charge is -2.15. The highest BCUT2D eigenvalue weighted by Crippen LogP contribution is 2.10. The zero-order chi connectivity index (χ0) is 9.52. The molecule has 1 atom stereocenters. The zero-order valence-corrected chi connectivity index (χ0v) is 7.64. The van der Waals surface area contributed by atoms with E-state index in [0.717, 1.165) is 5.75 Å². The fourth-order valence-corrected chi connectivity index (χ4v) is 1.00. The molecule has 0 aliphatic carbocycles. The molecule has 0 aromatic heterocycles. The fraction of sp³-hybridized carbons (Fsp3) is 0.400. The first-order valence-corrected chi connectivity index (χ1v) is 4.18. The number of hydrogen-bond acceptors (Lipinski definition) is 3. The van der Waals surface area contributed by atoms with Crippen molar-refractivity contribution >= 4 is 0 Å². The van der Waals surface area contributed by atoms with Crippen LogP contribution in [0.4, 0.5) is 0 Å². The van der Waals surface area contributed by atoms with Crippen molar-refractivity contribution in [3.8, 4) is 5.75 Å². The van der Waals surface area contributed by atoms with E-state index in [2.05, 4.69) is 0 Å². The summed E-state index contributed by atoms with van der Waals surface area (Å²) in [7, 11) is 1.58. The second-order valence-corrected chi connectivity index (χ2v) is 2.69. The van der Waals surface area contributed by atoms with Gasteiger partial charge in [0.05, 0.1) is 13.2 Å². The van der Waals surface area contributed by atoms with E-state index in [1.54, 1.807) is 7.11 Å². The van der Waals surface area contributed by atoms with Gasteiger partial charge in [0.2, 0.25) is 0 Å². The minimum atomic E-state index is -0.285. The zero-order valence-electron chi connectivity index (χ0n) is 7.64. The summed E-state index contributed by atoms with van der Waals surface area (Å²) in [6, 6.07) is 9.38. The largest absolute Gasteiger partial charge is 0.486 e. The van der Waals surface area contributed by atoms with E-state index in [1.807, 2.05) is 30.3 Å². The molecule has 0 saturated carbocycles. The first-order chi connectivity index (χ1) is 6.36. The van der Waals surface area contributed by atoms with Gasteiger partial charge in [0.15, 0.2) is 0 Å². The van der Waals surface area contributed by atoms with Crippen molar-refractivity contribution in [2.45, 2.75) is 6.10 Å². The second-order valence-electron chi connectivity index (χ2n) is 2.69. The van der Waals surface area contributed by atoms with Crippen LogP contribution in [0.5, 0.6) is 5.75 Å². The standard InChI is InChI=1S/C10H14O3/c1-12-8-10(7-11)13-9-5-3-2-4-6-9/h2-6,10-11H,7-8H2,1H3. The molecule has 0 heterocycles. The molecule has 1 aromatic carbocycles. The van der Waals surface area contributed by atoms with E-state index >= 15 is 0 Å². The van der Waals surface area contributed by atoms with E-state index in [1.165, 1.54) is 0 Å². The summed E-state index contributed by atoms with van der Waals surface area (Å²) in [5, 5.41) is 8.91. The van der Waals surface area contributed by atoms with Crippen LogP contribution in [0.3, 0.4) is 0 Å². The molecule has 1 aromatic rings. The van der Waals surface area contributed by atoms with Crippen LogP contribution in [-0.2, 0) is 4.74 Å². The molecule has 0 amide bonds. The fourth-order valence-electron chi connectivity index (χ4n) is 1.00. The Labute approximate surface area is 77.9 Å². The summed E-state index contributed by atoms with van der Waals surface area (Å²) < 4.78 is 10.3. The summed E-state index contributed by atoms with van der Waals surface area (Å²) in [5.74, 6) is 0.749. The van der Waals surface area contributed by atoms with Crippen LogP contribution in [0, 0.1) is 0 Å². The third-order valence-corrected chi connectivity index (χ3v) is 1.60. The van der Waals surface area contributed by atoms with Gasteiger partial charge in [0.25, 0.3) is 0 Å². The van der Waals surface area contributed by atoms with Gasteiger partial charge in [-0.15, -0.1) is 0 Å². The van der Waals surface area contributed by atoms with E-state index in [0.29, 0.717) is 6.61 Å². The number of benzene rings is 1. The van der Waals surface area contributed by atoms with Crippen LogP contribution in [0.2, 0.25) is 0 Å². The summed E-state index contributed by atoms with van der Waals surface area (Å²) in [4.78, 5) is 0. The maximum absolute atomic E-state index is 8.91. The number of ether oxygens (including phenoxy) is 2. The average Bonchev–Trinajstić information content (AvgIpc) is 2.19. The van der Waals surface area contributed by atoms with E-state index in [9.17, 15) is 0 Å². The predicted octanol–water partition coefficient (Wildman–Crippen LogP) is 1.07. The summed E-state index contributed by atoms with van der Waals surface area (Å²) >= 11 is 0. The van der Waals surface area contributed by atoms with E-state index < -0.39 is 0 Å². The summed E-state index contributed by atoms with van der Waals surface area (Å²) in [5.41, 5.74) is 0. The molecule has 72 valence electrons. The van der Waals surface area contributed by atoms with E-state index in [4.69, 9.17) is 14.6 Å². The molecule has 1 N–H and O–H groups in total. The van der Waals surface area contributed by atoms with Gasteiger partial charge >= 0.3 is 0 Å². The van der Waals surface area contributed by atoms with Crippen LogP contribution in [0.1, 0.15) is 0 Å². The Morgan fingerprint density at radius 2 is 2.00 bits per heavy atom. The number of para-hydroxylation sites is 1. The molecular formula is C10H14O3. The van der Waals surface area contributed by atoms with Crippen molar-refractivity contribution in [3.63, 3.8) is 0 Å². The minimum absolute atomic E-state index is 0.0390. The molecule has 1 unspecified atom stereocenters. The van der Waals surface area contributed by atoms with Crippen LogP contribution in [0.25, 0.3) is 0 Å². The molecule has 0 fully saturated rings. The summed E-state index contributed by atoms with van der Waals surface area (Å²) in [6.45, 7) is 0.355. The third kappa shape index (κ3) is 3.44. The number of aliphatic hydroxyl groups excluding tert-OH is 1. The van der Waals surface area contributed by atoms with Crippen molar-refractivity contribution in [1.29, 1.82) is 0 Å². The number of methoxy groups -OCH3 is 1. The monoisotopic (exact) mass is 182 g/mol. The van der Waals surface area contributed by atoms with Crippen molar-refractivity contribution in [1.82, 2.24) is 0 Å². The summed E-state index contributed by atoms with van der Waals surface area (Å²) in [6.07, 6.45) is -0.285. The maximum atomic E-state index is 8.91. The molecule has 0 aliphatic heterocycles. The number of aliphatic hydroxyl groups is 1. The molecule has 3 heteroatoms. The van der Waals surface area contributed by atoms with Crippen molar-refractivity contribution in [2.75, 3.05) is 20.3 Å². The highest BCUT2D eigenvalue weighted by atomic mass is 16.5. The Hall–Kier alpha value is -1.06. The molecule has 0 bridgehead atoms. The van der Waals surface area contributed by atoms with E-state index in [-0.39, 0.29) is 12.7 Å². The highest BCUT2D eigenvalue weighted by molar-refractivity contribution is 5.21. The SMILES string of the molecule is COCC(CO)Oc1ccccc1. The molecule has 0 saturated heterocycles. The number of hydrogen-bond donors (Lipinski definition) is 1. The lowest BCUT2D eigenvalue weighted by molar-refractivity contribution is 0.0413. The average molecular weight is 182 g/mol. The van der Waals surface area contributed by atoms with Crippen molar-refractivity contribution in [3.05, 3.63) is 30.3 Å². The Balaban J connectivity index is 2.46. The van der Waals surface area contributed by atoms with Gasteiger partial charge in [0, 0.05) is 7.11 Å². The smallest absolute Gasteiger partial charge is 0.145 e. The van der Waals surface area contributed by atoms with Crippen LogP contribution in [0.15, 0.2) is 30.3 Å². The predicted molar refractivity (Wildman–Crippen MR) is 49.8 cm³/mol. The normalized spacial score (nSPS) is 12.5. The van der Waals surface area contributed by atoms with Crippen LogP contribution >= 0.6 is 0 Å². The lowest BCUT2D eigenvalue weighted by atomic mass is 10.3. The quantitative estimate of drug-likeness (QED) is 0.740. The Morgan fingerprint density at radius 1 is 1.31 bits per heavy atom. The highest BCUT2D eigenvalue weighted by Gasteiger charge is 2.07. The molecule has 0 radical (unpaired) electrons. The van der Waals surface area contributed by atoms with Gasteiger partial charge in [0.1, 0.15) is 11.9 Å². The molecule has 1 rings (SSSR count). The first-order valence-electron chi connectivity index (χ1n) is 4.18. The maximum Gasteiger partial charge on any atom is 0.145 e. The molecular weight excluding hydrogens is 168 g/mol. The molecule has 0 spiro atoms. The number of rotatable bonds is 5. The second kappa shape index (κ2) is 5.56. The van der Waals surface area contributed by atoms with Crippen molar-refractivity contribution < 1.29 is 14.6 Å². The van der Waals surface area contributed by atoms with Gasteiger partial charge in [-0.2, -0.15) is 0 Å². The van der Waals surface area contributed by atoms with Crippen molar-refractivity contribution in [2.24, 2.45) is 0 Å². The molecule has 0 aliphatic rings. The Bertz CT molecular complexity index is 223. The Morgan fingerprint density at radius 3 is 2.54 bits per heavy atom.